The Kier molecular flexibility index (Phi) is 13.2. The maximum absolute atomic E-state index is 15.6. The summed E-state index contributed by atoms with van der Waals surface area (Å²) in [7, 11) is 0. The molecule has 1 unspecified atom stereocenters. The van der Waals surface area contributed by atoms with E-state index >= 15 is 4.39 Å². The van der Waals surface area contributed by atoms with Crippen LogP contribution in [0.4, 0.5) is 10.1 Å². The number of pyridine rings is 1. The number of rotatable bonds is 13. The van der Waals surface area contributed by atoms with Crippen LogP contribution in [0.25, 0.3) is 0 Å². The van der Waals surface area contributed by atoms with Crippen LogP contribution in [0.3, 0.4) is 0 Å². The Morgan fingerprint density at radius 2 is 1.76 bits per heavy atom. The lowest BCUT2D eigenvalue weighted by Crippen LogP contribution is -2.55. The lowest BCUT2D eigenvalue weighted by molar-refractivity contribution is -0.138. The lowest BCUT2D eigenvalue weighted by atomic mass is 9.76. The monoisotopic (exact) mass is 700 g/mol. The molecule has 2 aliphatic rings. The maximum Gasteiger partial charge on any atom is 0.294 e. The third kappa shape index (κ3) is 10.2. The van der Waals surface area contributed by atoms with Crippen molar-refractivity contribution in [2.45, 2.75) is 78.4 Å². The van der Waals surface area contributed by atoms with Crippen molar-refractivity contribution in [3.63, 3.8) is 0 Å². The van der Waals surface area contributed by atoms with Crippen molar-refractivity contribution in [3.05, 3.63) is 77.6 Å². The van der Waals surface area contributed by atoms with E-state index in [1.54, 1.807) is 34.8 Å². The fourth-order valence-corrected chi connectivity index (χ4v) is 6.83. The molecule has 1 saturated heterocycles. The molecule has 1 saturated carbocycles. The first-order chi connectivity index (χ1) is 24.6. The zero-order chi connectivity index (χ0) is 36.3. The van der Waals surface area contributed by atoms with Gasteiger partial charge in [-0.3, -0.25) is 33.7 Å². The molecule has 2 atom stereocenters. The molecule has 51 heavy (non-hydrogen) atoms. The summed E-state index contributed by atoms with van der Waals surface area (Å²) in [5, 5.41) is 9.69. The van der Waals surface area contributed by atoms with Gasteiger partial charge in [0, 0.05) is 70.7 Å². The number of halogens is 1. The van der Waals surface area contributed by atoms with Crippen LogP contribution in [-0.4, -0.2) is 86.6 Å². The summed E-state index contributed by atoms with van der Waals surface area (Å²) >= 11 is 0. The maximum atomic E-state index is 15.6. The summed E-state index contributed by atoms with van der Waals surface area (Å²) in [5.41, 5.74) is 1.80. The molecule has 13 heteroatoms. The molecule has 4 amide bonds. The summed E-state index contributed by atoms with van der Waals surface area (Å²) < 4.78 is 17.1. The number of carbonyl (C=O) groups is 4. The molecule has 0 spiro atoms. The number of anilines is 1. The Labute approximate surface area is 298 Å². The molecule has 3 aromatic rings. The molecule has 5 rings (SSSR count). The van der Waals surface area contributed by atoms with Crippen molar-refractivity contribution in [2.24, 2.45) is 22.7 Å². The highest BCUT2D eigenvalue weighted by Gasteiger charge is 2.32. The van der Waals surface area contributed by atoms with Gasteiger partial charge in [0.1, 0.15) is 17.6 Å². The first-order valence-corrected chi connectivity index (χ1v) is 18.0. The number of aliphatic imine (C=N–C) groups is 1. The van der Waals surface area contributed by atoms with Crippen LogP contribution in [0, 0.1) is 23.6 Å². The van der Waals surface area contributed by atoms with E-state index in [2.05, 4.69) is 37.5 Å². The molecule has 0 radical (unpaired) electrons. The van der Waals surface area contributed by atoms with E-state index in [4.69, 9.17) is 0 Å². The molecule has 3 heterocycles. The van der Waals surface area contributed by atoms with Crippen LogP contribution in [-0.2, 0) is 33.9 Å². The molecule has 2 N–H and O–H groups in total. The van der Waals surface area contributed by atoms with Crippen molar-refractivity contribution in [2.75, 3.05) is 31.5 Å². The highest BCUT2D eigenvalue weighted by Crippen LogP contribution is 2.33. The van der Waals surface area contributed by atoms with Gasteiger partial charge in [-0.05, 0) is 67.5 Å². The minimum Gasteiger partial charge on any atom is -0.344 e. The van der Waals surface area contributed by atoms with E-state index in [0.717, 1.165) is 31.4 Å². The molecule has 272 valence electrons. The number of piperazine rings is 1. The van der Waals surface area contributed by atoms with E-state index < -0.39 is 29.6 Å². The number of hydrogen-bond acceptors (Lipinski definition) is 7. The molecule has 2 aromatic heterocycles. The topological polar surface area (TPSA) is 142 Å². The van der Waals surface area contributed by atoms with Crippen LogP contribution in [0.1, 0.15) is 74.6 Å². The molecule has 0 bridgehead atoms. The van der Waals surface area contributed by atoms with Crippen LogP contribution in [0.2, 0.25) is 0 Å². The fourth-order valence-electron chi connectivity index (χ4n) is 6.83. The predicted molar refractivity (Wildman–Crippen MR) is 192 cm³/mol. The summed E-state index contributed by atoms with van der Waals surface area (Å²) in [6, 6.07) is 11.0. The van der Waals surface area contributed by atoms with Gasteiger partial charge in [-0.25, -0.2) is 9.38 Å². The normalized spacial score (nSPS) is 19.4. The van der Waals surface area contributed by atoms with Crippen molar-refractivity contribution in [1.82, 2.24) is 29.9 Å². The van der Waals surface area contributed by atoms with Crippen LogP contribution in [0.15, 0.2) is 59.9 Å². The van der Waals surface area contributed by atoms with Crippen LogP contribution < -0.4 is 10.6 Å². The summed E-state index contributed by atoms with van der Waals surface area (Å²) in [4.78, 5) is 65.2. The molecular formula is C38H49FN8O4. The molecule has 1 aliphatic heterocycles. The number of hydrogen-bond donors (Lipinski definition) is 2. The summed E-state index contributed by atoms with van der Waals surface area (Å²) in [5.74, 6) is -2.29. The Bertz CT molecular complexity index is 1680. The van der Waals surface area contributed by atoms with Gasteiger partial charge in [0.2, 0.25) is 17.7 Å². The largest absolute Gasteiger partial charge is 0.344 e. The quantitative estimate of drug-likeness (QED) is 0.250. The first kappa shape index (κ1) is 37.5. The number of nitrogens with zero attached hydrogens (tertiary/aromatic N) is 6. The van der Waals surface area contributed by atoms with Gasteiger partial charge in [-0.1, -0.05) is 38.8 Å². The number of aryl methyl sites for hydroxylation is 1. The zero-order valence-corrected chi connectivity index (χ0v) is 29.8. The Hall–Kier alpha value is -4.78. The first-order valence-electron chi connectivity index (χ1n) is 18.0. The highest BCUT2D eigenvalue weighted by molar-refractivity contribution is 6.06. The number of nitrogens with one attached hydrogen (secondary N) is 2. The number of amides is 4. The average molecular weight is 701 g/mol. The van der Waals surface area contributed by atoms with Crippen LogP contribution >= 0.6 is 0 Å². The molecule has 1 aromatic carbocycles. The van der Waals surface area contributed by atoms with Crippen molar-refractivity contribution < 1.29 is 23.6 Å². The number of aromatic nitrogens is 3. The molecule has 12 nitrogen and oxygen atoms in total. The Balaban J connectivity index is 1.25. The number of benzene rings is 1. The smallest absolute Gasteiger partial charge is 0.294 e. The van der Waals surface area contributed by atoms with Gasteiger partial charge in [0.05, 0.1) is 17.3 Å². The standard InChI is InChI=1S/C38H49FN8O4/c1-4-35(48)43-33(38(51)46-20-18-45(19-21-46)25-29-8-6-7-16-40-29)23-27-11-14-32(31(39)22-27)44-36(49)30(28-12-9-26(3)10-13-28)24-41-37(50)34-15-17-42-47(34)5-2/h6-8,11,14-17,22,24,26,28,30,33H,4-5,9-10,12-13,18-21,23,25H2,1-3H3,(H,43,48)(H,44,49)/b41-24+/t26-,28-,30?,33-/m1/s1. The minimum atomic E-state index is -0.865. The van der Waals surface area contributed by atoms with Gasteiger partial charge in [0.25, 0.3) is 5.91 Å². The van der Waals surface area contributed by atoms with Crippen molar-refractivity contribution in [3.8, 4) is 0 Å². The van der Waals surface area contributed by atoms with Crippen LogP contribution in [0.5, 0.6) is 0 Å². The van der Waals surface area contributed by atoms with Gasteiger partial charge in [-0.2, -0.15) is 5.10 Å². The second kappa shape index (κ2) is 17.9. The second-order valence-corrected chi connectivity index (χ2v) is 13.6. The van der Waals surface area contributed by atoms with E-state index in [1.165, 1.54) is 24.5 Å². The minimum absolute atomic E-state index is 0.00814. The molecule has 2 fully saturated rings. The van der Waals surface area contributed by atoms with Gasteiger partial charge >= 0.3 is 0 Å². The Morgan fingerprint density at radius 1 is 1.00 bits per heavy atom. The zero-order valence-electron chi connectivity index (χ0n) is 29.8. The van der Waals surface area contributed by atoms with E-state index in [9.17, 15) is 19.2 Å². The van der Waals surface area contributed by atoms with Gasteiger partial charge in [0.15, 0.2) is 0 Å². The second-order valence-electron chi connectivity index (χ2n) is 13.6. The summed E-state index contributed by atoms with van der Waals surface area (Å²) in [6.07, 6.45) is 8.51. The van der Waals surface area contributed by atoms with Gasteiger partial charge in [-0.15, -0.1) is 0 Å². The number of carbonyl (C=O) groups excluding carboxylic acids is 4. The van der Waals surface area contributed by atoms with E-state index in [1.807, 2.05) is 25.1 Å². The van der Waals surface area contributed by atoms with E-state index in [0.29, 0.717) is 56.4 Å². The van der Waals surface area contributed by atoms with Crippen molar-refractivity contribution >= 4 is 35.5 Å². The SMILES string of the molecule is CCC(=O)N[C@H](Cc1ccc(NC(=O)C(/C=N/C(=O)c2ccnn2CC)[C@H]2CC[C@H](C)CC2)c(F)c1)C(=O)N1CCN(Cc2ccccn2)CC1. The van der Waals surface area contributed by atoms with Gasteiger partial charge < -0.3 is 15.5 Å². The predicted octanol–water partition coefficient (Wildman–Crippen LogP) is 4.51. The van der Waals surface area contributed by atoms with E-state index in [-0.39, 0.29) is 36.3 Å². The molecular weight excluding hydrogens is 651 g/mol. The molecule has 1 aliphatic carbocycles. The Morgan fingerprint density at radius 3 is 2.43 bits per heavy atom. The fraction of sp³-hybridized carbons (Fsp3) is 0.500. The average Bonchev–Trinajstić information content (AvgIpc) is 3.63. The van der Waals surface area contributed by atoms with Crippen molar-refractivity contribution in [1.29, 1.82) is 0 Å². The summed E-state index contributed by atoms with van der Waals surface area (Å²) in [6.45, 7) is 9.31. The lowest BCUT2D eigenvalue weighted by Gasteiger charge is -2.36. The highest BCUT2D eigenvalue weighted by atomic mass is 19.1. The third-order valence-corrected chi connectivity index (χ3v) is 9.94. The third-order valence-electron chi connectivity index (χ3n) is 9.94.